The fourth-order valence-corrected chi connectivity index (χ4v) is 5.95. The van der Waals surface area contributed by atoms with Gasteiger partial charge in [0.15, 0.2) is 0 Å². The Hall–Kier alpha value is -0.140. The number of hydrogen-bond acceptors (Lipinski definition) is 4. The highest BCUT2D eigenvalue weighted by atomic mass is 79.9. The van der Waals surface area contributed by atoms with Gasteiger partial charge in [0, 0.05) is 31.6 Å². The molecular weight excluding hydrogens is 530 g/mol. The first-order valence-electron chi connectivity index (χ1n) is 7.58. The lowest BCUT2D eigenvalue weighted by Crippen LogP contribution is -1.92. The summed E-state index contributed by atoms with van der Waals surface area (Å²) >= 11 is 31.1. The lowest BCUT2D eigenvalue weighted by Gasteiger charge is -2.09. The highest BCUT2D eigenvalue weighted by Crippen LogP contribution is 2.37. The fourth-order valence-electron chi connectivity index (χ4n) is 2.11. The zero-order chi connectivity index (χ0) is 19.4. The Morgan fingerprint density at radius 1 is 0.741 bits per heavy atom. The van der Waals surface area contributed by atoms with Crippen molar-refractivity contribution < 1.29 is 0 Å². The van der Waals surface area contributed by atoms with Crippen molar-refractivity contribution >= 4 is 85.9 Å². The molecule has 2 nitrogen and oxygen atoms in total. The Balaban J connectivity index is 1.69. The van der Waals surface area contributed by atoms with Gasteiger partial charge in [-0.25, -0.2) is 9.97 Å². The van der Waals surface area contributed by atoms with Crippen LogP contribution in [0.5, 0.6) is 0 Å². The predicted octanol–water partition coefficient (Wildman–Crippen LogP) is 8.44. The molecule has 27 heavy (non-hydrogen) atoms. The van der Waals surface area contributed by atoms with E-state index in [9.17, 15) is 0 Å². The summed E-state index contributed by atoms with van der Waals surface area (Å²) in [6.07, 6.45) is 1.56. The largest absolute Gasteiger partial charge is 0.229 e. The van der Waals surface area contributed by atoms with E-state index in [0.29, 0.717) is 31.6 Å². The third-order valence-corrected chi connectivity index (χ3v) is 8.01. The summed E-state index contributed by atoms with van der Waals surface area (Å²) in [5, 5.41) is 4.23. The van der Waals surface area contributed by atoms with Crippen molar-refractivity contribution in [3.8, 4) is 0 Å². The van der Waals surface area contributed by atoms with Gasteiger partial charge in [0.25, 0.3) is 0 Å². The van der Waals surface area contributed by atoms with Crippen LogP contribution >= 0.6 is 85.9 Å². The van der Waals surface area contributed by atoms with E-state index in [4.69, 9.17) is 46.4 Å². The van der Waals surface area contributed by atoms with Crippen LogP contribution in [0.2, 0.25) is 20.1 Å². The molecule has 0 fully saturated rings. The molecule has 0 aliphatic heterocycles. The highest BCUT2D eigenvalue weighted by molar-refractivity contribution is 9.10. The van der Waals surface area contributed by atoms with Crippen LogP contribution in [0.3, 0.4) is 0 Å². The molecule has 3 rings (SSSR count). The molecule has 9 heteroatoms. The number of rotatable bonds is 6. The van der Waals surface area contributed by atoms with Gasteiger partial charge in [0.05, 0.1) is 4.47 Å². The molecule has 0 saturated carbocycles. The second-order valence-electron chi connectivity index (χ2n) is 5.35. The Kier molecular flexibility index (Phi) is 8.03. The molecule has 1 aromatic heterocycles. The van der Waals surface area contributed by atoms with E-state index >= 15 is 0 Å². The van der Waals surface area contributed by atoms with Gasteiger partial charge in [0.1, 0.15) is 16.4 Å². The molecule has 0 unspecified atom stereocenters. The summed E-state index contributed by atoms with van der Waals surface area (Å²) in [6, 6.07) is 11.0. The molecule has 140 valence electrons. The maximum absolute atomic E-state index is 6.24. The monoisotopic (exact) mass is 538 g/mol. The van der Waals surface area contributed by atoms with Crippen molar-refractivity contribution in [1.29, 1.82) is 0 Å². The van der Waals surface area contributed by atoms with Crippen molar-refractivity contribution in [1.82, 2.24) is 9.97 Å². The quantitative estimate of drug-likeness (QED) is 0.231. The fraction of sp³-hybridized carbons (Fsp3) is 0.111. The van der Waals surface area contributed by atoms with E-state index in [1.165, 1.54) is 0 Å². The molecule has 0 atom stereocenters. The van der Waals surface area contributed by atoms with E-state index in [1.807, 2.05) is 24.3 Å². The van der Waals surface area contributed by atoms with Crippen molar-refractivity contribution in [2.75, 3.05) is 0 Å². The van der Waals surface area contributed by atoms with Crippen LogP contribution in [0.1, 0.15) is 11.1 Å². The van der Waals surface area contributed by atoms with Gasteiger partial charge in [0.2, 0.25) is 0 Å². The van der Waals surface area contributed by atoms with Crippen molar-refractivity contribution in [2.45, 2.75) is 21.6 Å². The zero-order valence-electron chi connectivity index (χ0n) is 13.6. The van der Waals surface area contributed by atoms with Crippen LogP contribution in [0.15, 0.2) is 57.3 Å². The predicted molar refractivity (Wildman–Crippen MR) is 122 cm³/mol. The number of thioether (sulfide) groups is 2. The maximum atomic E-state index is 6.24. The minimum absolute atomic E-state index is 0.622. The summed E-state index contributed by atoms with van der Waals surface area (Å²) < 4.78 is 0.857. The molecular formula is C18H11BrCl4N2S2. The topological polar surface area (TPSA) is 25.8 Å². The SMILES string of the molecule is Clc1ccc(CSc2ncnc(SCc3ccc(Cl)cc3Cl)c2Br)c(Cl)c1. The summed E-state index contributed by atoms with van der Waals surface area (Å²) in [5.74, 6) is 1.36. The molecule has 2 aromatic carbocycles. The molecule has 0 saturated heterocycles. The first-order chi connectivity index (χ1) is 12.9. The average molecular weight is 541 g/mol. The van der Waals surface area contributed by atoms with E-state index in [1.54, 1.807) is 42.0 Å². The molecule has 1 heterocycles. The molecule has 3 aromatic rings. The summed E-state index contributed by atoms with van der Waals surface area (Å²) in [4.78, 5) is 8.73. The third-order valence-electron chi connectivity index (χ3n) is 3.48. The lowest BCUT2D eigenvalue weighted by atomic mass is 10.2. The molecule has 0 bridgehead atoms. The summed E-state index contributed by atoms with van der Waals surface area (Å²) in [6.45, 7) is 0. The standard InChI is InChI=1S/C18H11BrCl4N2S2/c19-16-17(26-7-10-1-3-12(20)5-14(10)22)24-9-25-18(16)27-8-11-2-4-13(21)6-15(11)23/h1-6,9H,7-8H2. The Morgan fingerprint density at radius 2 is 1.19 bits per heavy atom. The Morgan fingerprint density at radius 3 is 1.59 bits per heavy atom. The van der Waals surface area contributed by atoms with Crippen molar-refractivity contribution in [3.63, 3.8) is 0 Å². The number of aromatic nitrogens is 2. The lowest BCUT2D eigenvalue weighted by molar-refractivity contribution is 0.936. The molecule has 0 radical (unpaired) electrons. The highest BCUT2D eigenvalue weighted by Gasteiger charge is 2.12. The third kappa shape index (κ3) is 5.92. The van der Waals surface area contributed by atoms with Gasteiger partial charge < -0.3 is 0 Å². The molecule has 0 spiro atoms. The average Bonchev–Trinajstić information content (AvgIpc) is 2.62. The van der Waals surface area contributed by atoms with Gasteiger partial charge in [-0.3, -0.25) is 0 Å². The minimum Gasteiger partial charge on any atom is -0.229 e. The summed E-state index contributed by atoms with van der Waals surface area (Å²) in [5.41, 5.74) is 2.00. The van der Waals surface area contributed by atoms with Crippen molar-refractivity contribution in [3.05, 3.63) is 78.4 Å². The first kappa shape index (κ1) is 21.6. The Bertz CT molecular complexity index is 898. The first-order valence-corrected chi connectivity index (χ1v) is 11.9. The van der Waals surface area contributed by atoms with E-state index in [2.05, 4.69) is 25.9 Å². The Labute approximate surface area is 194 Å². The van der Waals surface area contributed by atoms with Crippen molar-refractivity contribution in [2.24, 2.45) is 0 Å². The zero-order valence-corrected chi connectivity index (χ0v) is 19.8. The minimum atomic E-state index is 0.622. The normalized spacial score (nSPS) is 11.0. The van der Waals surface area contributed by atoms with Gasteiger partial charge in [-0.05, 0) is 51.3 Å². The summed E-state index contributed by atoms with van der Waals surface area (Å²) in [7, 11) is 0. The van der Waals surface area contributed by atoms with Gasteiger partial charge >= 0.3 is 0 Å². The molecule has 0 aliphatic rings. The number of benzene rings is 2. The number of nitrogens with zero attached hydrogens (tertiary/aromatic N) is 2. The van der Waals surface area contributed by atoms with Crippen LogP contribution in [0.4, 0.5) is 0 Å². The van der Waals surface area contributed by atoms with Gasteiger partial charge in [-0.1, -0.05) is 58.5 Å². The van der Waals surface area contributed by atoms with Crippen LogP contribution in [0, 0.1) is 0 Å². The molecule has 0 aliphatic carbocycles. The number of hydrogen-bond donors (Lipinski definition) is 0. The molecule has 0 amide bonds. The van der Waals surface area contributed by atoms with Crippen LogP contribution in [-0.2, 0) is 11.5 Å². The smallest absolute Gasteiger partial charge is 0.118 e. The van der Waals surface area contributed by atoms with E-state index in [0.717, 1.165) is 25.7 Å². The van der Waals surface area contributed by atoms with Gasteiger partial charge in [-0.2, -0.15) is 0 Å². The van der Waals surface area contributed by atoms with Crippen LogP contribution in [0.25, 0.3) is 0 Å². The van der Waals surface area contributed by atoms with E-state index < -0.39 is 0 Å². The van der Waals surface area contributed by atoms with E-state index in [-0.39, 0.29) is 0 Å². The molecule has 0 N–H and O–H groups in total. The second kappa shape index (κ2) is 10.1. The maximum Gasteiger partial charge on any atom is 0.118 e. The number of halogens is 5. The van der Waals surface area contributed by atoms with Crippen LogP contribution < -0.4 is 0 Å². The van der Waals surface area contributed by atoms with Crippen LogP contribution in [-0.4, -0.2) is 9.97 Å². The van der Waals surface area contributed by atoms with Gasteiger partial charge in [-0.15, -0.1) is 23.5 Å². The second-order valence-corrected chi connectivity index (χ2v) is 9.76.